The van der Waals surface area contributed by atoms with Crippen molar-refractivity contribution in [2.24, 2.45) is 0 Å². The van der Waals surface area contributed by atoms with Crippen molar-refractivity contribution in [2.75, 3.05) is 0 Å². The van der Waals surface area contributed by atoms with Gasteiger partial charge in [-0.25, -0.2) is 0 Å². The molecule has 0 aliphatic rings. The maximum absolute atomic E-state index is 5.48. The number of benzene rings is 1. The van der Waals surface area contributed by atoms with Gasteiger partial charge in [0, 0.05) is 24.0 Å². The highest BCUT2D eigenvalue weighted by Crippen LogP contribution is 2.40. The van der Waals surface area contributed by atoms with Gasteiger partial charge >= 0.3 is 0 Å². The van der Waals surface area contributed by atoms with Gasteiger partial charge in [-0.3, -0.25) is 0 Å². The summed E-state index contributed by atoms with van der Waals surface area (Å²) in [4.78, 5) is 0. The number of rotatable bonds is 5. The minimum absolute atomic E-state index is 0.0316. The number of allylic oxidation sites excluding steroid dienone is 1. The molecule has 0 unspecified atom stereocenters. The zero-order valence-electron chi connectivity index (χ0n) is 13.7. The van der Waals surface area contributed by atoms with E-state index in [1.807, 2.05) is 6.08 Å². The van der Waals surface area contributed by atoms with Crippen LogP contribution < -0.4 is 4.18 Å². The van der Waals surface area contributed by atoms with Crippen LogP contribution in [0.2, 0.25) is 0 Å². The molecular formula is C18H28OS. The highest BCUT2D eigenvalue weighted by atomic mass is 32.1. The van der Waals surface area contributed by atoms with Crippen LogP contribution in [0.5, 0.6) is 5.75 Å². The van der Waals surface area contributed by atoms with Gasteiger partial charge in [-0.2, -0.15) is 0 Å². The first-order valence-electron chi connectivity index (χ1n) is 7.39. The van der Waals surface area contributed by atoms with Crippen LogP contribution in [0.4, 0.5) is 0 Å². The normalized spacial score (nSPS) is 11.8. The van der Waals surface area contributed by atoms with E-state index in [2.05, 4.69) is 67.1 Å². The van der Waals surface area contributed by atoms with Crippen LogP contribution in [0.15, 0.2) is 18.7 Å². The minimum Gasteiger partial charge on any atom is -0.428 e. The Morgan fingerprint density at radius 2 is 1.90 bits per heavy atom. The summed E-state index contributed by atoms with van der Waals surface area (Å²) in [7, 11) is 0. The molecule has 0 aromatic heterocycles. The quantitative estimate of drug-likeness (QED) is 0.421. The largest absolute Gasteiger partial charge is 0.428 e. The lowest BCUT2D eigenvalue weighted by Gasteiger charge is -2.28. The number of hydrogen-bond acceptors (Lipinski definition) is 2. The lowest BCUT2D eigenvalue weighted by Crippen LogP contribution is -2.16. The van der Waals surface area contributed by atoms with Crippen molar-refractivity contribution >= 4 is 12.9 Å². The summed E-state index contributed by atoms with van der Waals surface area (Å²) < 4.78 is 5.48. The molecule has 2 heteroatoms. The van der Waals surface area contributed by atoms with Crippen LogP contribution >= 0.6 is 12.9 Å². The predicted octanol–water partition coefficient (Wildman–Crippen LogP) is 5.62. The van der Waals surface area contributed by atoms with Gasteiger partial charge in [0.15, 0.2) is 0 Å². The third kappa shape index (κ3) is 3.41. The fourth-order valence-electron chi connectivity index (χ4n) is 2.74. The summed E-state index contributed by atoms with van der Waals surface area (Å²) in [5.41, 5.74) is 5.31. The second kappa shape index (κ2) is 6.71. The average Bonchev–Trinajstić information content (AvgIpc) is 2.36. The zero-order valence-corrected chi connectivity index (χ0v) is 14.6. The molecule has 0 saturated carbocycles. The Morgan fingerprint density at radius 3 is 2.25 bits per heavy atom. The van der Waals surface area contributed by atoms with E-state index >= 15 is 0 Å². The monoisotopic (exact) mass is 292 g/mol. The van der Waals surface area contributed by atoms with E-state index in [9.17, 15) is 0 Å². The van der Waals surface area contributed by atoms with Crippen LogP contribution in [0.25, 0.3) is 0 Å². The van der Waals surface area contributed by atoms with Crippen molar-refractivity contribution in [3.8, 4) is 5.75 Å². The third-order valence-electron chi connectivity index (χ3n) is 3.75. The fourth-order valence-corrected chi connectivity index (χ4v) is 2.94. The van der Waals surface area contributed by atoms with Gasteiger partial charge in [0.25, 0.3) is 0 Å². The molecular weight excluding hydrogens is 264 g/mol. The summed E-state index contributed by atoms with van der Waals surface area (Å²) in [5.74, 6) is 1.42. The molecule has 0 fully saturated rings. The summed E-state index contributed by atoms with van der Waals surface area (Å²) in [6.07, 6.45) is 3.77. The highest BCUT2D eigenvalue weighted by Gasteiger charge is 2.25. The van der Waals surface area contributed by atoms with Gasteiger partial charge in [-0.1, -0.05) is 53.7 Å². The van der Waals surface area contributed by atoms with E-state index in [1.54, 1.807) is 0 Å². The smallest absolute Gasteiger partial charge is 0.144 e. The minimum atomic E-state index is 0.0316. The van der Waals surface area contributed by atoms with Gasteiger partial charge in [-0.15, -0.1) is 6.58 Å². The molecule has 0 N–H and O–H groups in total. The van der Waals surface area contributed by atoms with E-state index in [1.165, 1.54) is 22.3 Å². The number of thiol groups is 1. The molecule has 112 valence electrons. The molecule has 0 heterocycles. The molecule has 1 rings (SSSR count). The fraction of sp³-hybridized carbons (Fsp3) is 0.556. The van der Waals surface area contributed by atoms with Crippen molar-refractivity contribution in [2.45, 2.75) is 65.7 Å². The van der Waals surface area contributed by atoms with E-state index < -0.39 is 0 Å². The van der Waals surface area contributed by atoms with E-state index in [4.69, 9.17) is 4.18 Å². The third-order valence-corrected chi connectivity index (χ3v) is 3.94. The molecule has 20 heavy (non-hydrogen) atoms. The molecule has 1 aromatic carbocycles. The molecule has 0 amide bonds. The Morgan fingerprint density at radius 1 is 1.30 bits per heavy atom. The van der Waals surface area contributed by atoms with Crippen molar-refractivity contribution < 1.29 is 4.18 Å². The lowest BCUT2D eigenvalue weighted by atomic mass is 9.79. The molecule has 0 aliphatic carbocycles. The van der Waals surface area contributed by atoms with Gasteiger partial charge in [0.05, 0.1) is 0 Å². The Hall–Kier alpha value is -0.890. The maximum Gasteiger partial charge on any atom is 0.144 e. The van der Waals surface area contributed by atoms with Gasteiger partial charge < -0.3 is 4.18 Å². The molecule has 0 bridgehead atoms. The Balaban J connectivity index is 3.75. The highest BCUT2D eigenvalue weighted by molar-refractivity contribution is 7.75. The van der Waals surface area contributed by atoms with Gasteiger partial charge in [0.2, 0.25) is 0 Å². The molecule has 0 aliphatic heterocycles. The molecule has 0 atom stereocenters. The average molecular weight is 292 g/mol. The first-order valence-corrected chi connectivity index (χ1v) is 7.75. The van der Waals surface area contributed by atoms with Crippen LogP contribution in [0.3, 0.4) is 0 Å². The summed E-state index contributed by atoms with van der Waals surface area (Å²) in [6, 6.07) is 2.31. The second-order valence-electron chi connectivity index (χ2n) is 6.64. The van der Waals surface area contributed by atoms with E-state index in [0.717, 1.165) is 18.6 Å². The summed E-state index contributed by atoms with van der Waals surface area (Å²) in [5, 5.41) is 0. The topological polar surface area (TPSA) is 9.23 Å². The Labute approximate surface area is 130 Å². The van der Waals surface area contributed by atoms with Crippen molar-refractivity contribution in [3.05, 3.63) is 41.0 Å². The lowest BCUT2D eigenvalue weighted by molar-refractivity contribution is 0.542. The molecule has 1 aromatic rings. The first-order chi connectivity index (χ1) is 9.27. The molecule has 0 radical (unpaired) electrons. The SMILES string of the molecule is C=CCc1c(CC)c(C(C)C)cc(C(C)(C)C)c1OS. The van der Waals surface area contributed by atoms with Crippen LogP contribution in [0, 0.1) is 0 Å². The van der Waals surface area contributed by atoms with E-state index in [0.29, 0.717) is 5.92 Å². The molecule has 1 nitrogen and oxygen atoms in total. The maximum atomic E-state index is 5.48. The Bertz CT molecular complexity index is 481. The van der Waals surface area contributed by atoms with Crippen LogP contribution in [0.1, 0.15) is 69.7 Å². The standard InChI is InChI=1S/C18H28OS/c1-8-10-14-13(9-2)15(12(3)4)11-16(17(14)19-20)18(5,6)7/h8,11-12,20H,1,9-10H2,2-7H3. The van der Waals surface area contributed by atoms with Crippen molar-refractivity contribution in [1.29, 1.82) is 0 Å². The van der Waals surface area contributed by atoms with Crippen LogP contribution in [-0.4, -0.2) is 0 Å². The number of hydrogen-bond donors (Lipinski definition) is 1. The molecule has 0 saturated heterocycles. The first kappa shape index (κ1) is 17.2. The van der Waals surface area contributed by atoms with Gasteiger partial charge in [0.1, 0.15) is 5.75 Å². The zero-order chi connectivity index (χ0) is 15.5. The predicted molar refractivity (Wildman–Crippen MR) is 92.1 cm³/mol. The van der Waals surface area contributed by atoms with Gasteiger partial charge in [-0.05, 0) is 35.3 Å². The second-order valence-corrected chi connectivity index (χ2v) is 6.82. The molecule has 0 spiro atoms. The van der Waals surface area contributed by atoms with Crippen LogP contribution in [-0.2, 0) is 18.3 Å². The van der Waals surface area contributed by atoms with E-state index in [-0.39, 0.29) is 5.41 Å². The Kier molecular flexibility index (Phi) is 5.76. The van der Waals surface area contributed by atoms with Crippen molar-refractivity contribution in [3.63, 3.8) is 0 Å². The summed E-state index contributed by atoms with van der Waals surface area (Å²) >= 11 is 4.11. The van der Waals surface area contributed by atoms with Crippen molar-refractivity contribution in [1.82, 2.24) is 0 Å². The summed E-state index contributed by atoms with van der Waals surface area (Å²) in [6.45, 7) is 17.2.